The van der Waals surface area contributed by atoms with Gasteiger partial charge in [-0.05, 0) is 36.8 Å². The number of nitrogens with one attached hydrogen (secondary N) is 1. The molecule has 32 heavy (non-hydrogen) atoms. The van der Waals surface area contributed by atoms with E-state index in [1.54, 1.807) is 4.90 Å². The molecule has 0 bridgehead atoms. The summed E-state index contributed by atoms with van der Waals surface area (Å²) in [4.78, 5) is 27.2. The minimum absolute atomic E-state index is 0.0969. The zero-order chi connectivity index (χ0) is 23.2. The second-order valence-corrected chi connectivity index (χ2v) is 8.60. The Hall–Kier alpha value is -2.16. The van der Waals surface area contributed by atoms with E-state index in [0.717, 1.165) is 29.3 Å². The van der Waals surface area contributed by atoms with Crippen LogP contribution in [0, 0.1) is 0 Å². The van der Waals surface area contributed by atoms with Crippen LogP contribution in [0.5, 0.6) is 0 Å². The molecule has 0 radical (unpaired) electrons. The summed E-state index contributed by atoms with van der Waals surface area (Å²) in [7, 11) is -1.64. The topological polar surface area (TPSA) is 89.9 Å². The Morgan fingerprint density at radius 1 is 0.938 bits per heavy atom. The molecule has 0 heterocycles. The molecule has 1 unspecified atom stereocenters. The van der Waals surface area contributed by atoms with Crippen molar-refractivity contribution in [2.75, 3.05) is 18.4 Å². The first kappa shape index (κ1) is 26.1. The van der Waals surface area contributed by atoms with Gasteiger partial charge in [-0.2, -0.15) is 0 Å². The summed E-state index contributed by atoms with van der Waals surface area (Å²) < 4.78 is 0. The van der Waals surface area contributed by atoms with Crippen LogP contribution in [0.3, 0.4) is 0 Å². The Kier molecular flexibility index (Phi) is 12.1. The van der Waals surface area contributed by atoms with Gasteiger partial charge < -0.3 is 20.3 Å². The van der Waals surface area contributed by atoms with E-state index >= 15 is 0 Å². The normalized spacial score (nSPS) is 11.6. The zero-order valence-electron chi connectivity index (χ0n) is 18.3. The molecule has 172 valence electrons. The van der Waals surface area contributed by atoms with Gasteiger partial charge in [0.05, 0.1) is 12.5 Å². The predicted octanol–water partition coefficient (Wildman–Crippen LogP) is 2.75. The summed E-state index contributed by atoms with van der Waals surface area (Å²) in [6.07, 6.45) is 3.64. The minimum Gasteiger partial charge on any atom is -0.426 e. The van der Waals surface area contributed by atoms with Crippen LogP contribution in [-0.2, 0) is 22.4 Å². The molecule has 0 aliphatic heterocycles. The summed E-state index contributed by atoms with van der Waals surface area (Å²) >= 11 is 3.35. The van der Waals surface area contributed by atoms with E-state index < -0.39 is 13.1 Å². The standard InChI is InChI=1S/C24H32BBrN2O4/c26-17-8-7-13-22(25(31)32)27-23(29)19-28(18-16-21-11-5-2-6-12-21)24(30)15-14-20-9-3-1-4-10-20/h1-6,9-12,22,31-32H,7-8,13-19H2,(H,27,29). The molecular weight excluding hydrogens is 471 g/mol. The maximum atomic E-state index is 12.9. The first-order chi connectivity index (χ1) is 15.5. The van der Waals surface area contributed by atoms with Gasteiger partial charge in [0, 0.05) is 18.3 Å². The smallest absolute Gasteiger partial charge is 0.426 e. The Morgan fingerprint density at radius 3 is 2.09 bits per heavy atom. The van der Waals surface area contributed by atoms with E-state index in [0.29, 0.717) is 32.2 Å². The molecule has 0 aliphatic carbocycles. The van der Waals surface area contributed by atoms with Crippen LogP contribution < -0.4 is 5.32 Å². The van der Waals surface area contributed by atoms with Gasteiger partial charge in [0.1, 0.15) is 0 Å². The van der Waals surface area contributed by atoms with Crippen molar-refractivity contribution >= 4 is 34.9 Å². The average Bonchev–Trinajstić information content (AvgIpc) is 2.81. The molecule has 6 nitrogen and oxygen atoms in total. The highest BCUT2D eigenvalue weighted by Gasteiger charge is 2.26. The Balaban J connectivity index is 1.98. The predicted molar refractivity (Wildman–Crippen MR) is 131 cm³/mol. The SMILES string of the molecule is O=C(CN(CCc1ccccc1)C(=O)CCc1ccccc1)NC(CCCCBr)B(O)O. The highest BCUT2D eigenvalue weighted by atomic mass is 79.9. The first-order valence-electron chi connectivity index (χ1n) is 11.1. The van der Waals surface area contributed by atoms with Gasteiger partial charge in [0.15, 0.2) is 0 Å². The van der Waals surface area contributed by atoms with Crippen LogP contribution in [0.25, 0.3) is 0 Å². The summed E-state index contributed by atoms with van der Waals surface area (Å²) in [5, 5.41) is 22.7. The molecule has 0 spiro atoms. The minimum atomic E-state index is -1.64. The number of carbonyl (C=O) groups excluding carboxylic acids is 2. The summed E-state index contributed by atoms with van der Waals surface area (Å²) in [6.45, 7) is 0.309. The highest BCUT2D eigenvalue weighted by molar-refractivity contribution is 9.09. The number of rotatable bonds is 14. The number of alkyl halides is 1. The van der Waals surface area contributed by atoms with Crippen LogP contribution in [0.15, 0.2) is 60.7 Å². The van der Waals surface area contributed by atoms with Crippen molar-refractivity contribution in [3.8, 4) is 0 Å². The highest BCUT2D eigenvalue weighted by Crippen LogP contribution is 2.08. The Bertz CT molecular complexity index is 808. The third-order valence-corrected chi connectivity index (χ3v) is 5.84. The molecule has 0 aliphatic rings. The fourth-order valence-corrected chi connectivity index (χ4v) is 3.83. The number of nitrogens with zero attached hydrogens (tertiary/aromatic N) is 1. The number of hydrogen-bond acceptors (Lipinski definition) is 4. The summed E-state index contributed by atoms with van der Waals surface area (Å²) in [5.74, 6) is -1.24. The maximum Gasteiger partial charge on any atom is 0.475 e. The number of benzene rings is 2. The van der Waals surface area contributed by atoms with Gasteiger partial charge in [-0.1, -0.05) is 83.0 Å². The monoisotopic (exact) mass is 502 g/mol. The molecule has 2 aromatic carbocycles. The van der Waals surface area contributed by atoms with Crippen molar-refractivity contribution < 1.29 is 19.6 Å². The number of unbranched alkanes of at least 4 members (excludes halogenated alkanes) is 1. The van der Waals surface area contributed by atoms with Gasteiger partial charge >= 0.3 is 7.12 Å². The Labute approximate surface area is 199 Å². The molecule has 0 fully saturated rings. The molecule has 2 amide bonds. The third kappa shape index (κ3) is 9.98. The molecule has 1 atom stereocenters. The van der Waals surface area contributed by atoms with Gasteiger partial charge in [0.25, 0.3) is 0 Å². The lowest BCUT2D eigenvalue weighted by molar-refractivity contribution is -0.136. The molecular formula is C24H32BBrN2O4. The number of hydrogen-bond donors (Lipinski definition) is 3. The van der Waals surface area contributed by atoms with E-state index in [2.05, 4.69) is 21.2 Å². The van der Waals surface area contributed by atoms with Crippen LogP contribution in [0.4, 0.5) is 0 Å². The number of carbonyl (C=O) groups is 2. The van der Waals surface area contributed by atoms with Gasteiger partial charge in [0.2, 0.25) is 11.8 Å². The van der Waals surface area contributed by atoms with Gasteiger partial charge in [-0.25, -0.2) is 0 Å². The fraction of sp³-hybridized carbons (Fsp3) is 0.417. The first-order valence-corrected chi connectivity index (χ1v) is 12.2. The van der Waals surface area contributed by atoms with Gasteiger partial charge in [-0.15, -0.1) is 0 Å². The van der Waals surface area contributed by atoms with E-state index in [-0.39, 0.29) is 18.4 Å². The summed E-state index contributed by atoms with van der Waals surface area (Å²) in [5.41, 5.74) is 2.16. The van der Waals surface area contributed by atoms with E-state index in [1.807, 2.05) is 60.7 Å². The maximum absolute atomic E-state index is 12.9. The lowest BCUT2D eigenvalue weighted by Crippen LogP contribution is -2.50. The van der Waals surface area contributed by atoms with Crippen LogP contribution in [0.2, 0.25) is 0 Å². The molecule has 2 aromatic rings. The largest absolute Gasteiger partial charge is 0.475 e. The number of amides is 2. The average molecular weight is 503 g/mol. The van der Waals surface area contributed by atoms with Crippen LogP contribution >= 0.6 is 15.9 Å². The number of halogens is 1. The molecule has 0 aromatic heterocycles. The Morgan fingerprint density at radius 2 is 1.53 bits per heavy atom. The molecule has 8 heteroatoms. The van der Waals surface area contributed by atoms with Crippen molar-refractivity contribution in [2.45, 2.75) is 44.5 Å². The van der Waals surface area contributed by atoms with Crippen molar-refractivity contribution in [3.05, 3.63) is 71.8 Å². The second-order valence-electron chi connectivity index (χ2n) is 7.81. The lowest BCUT2D eigenvalue weighted by atomic mass is 9.76. The van der Waals surface area contributed by atoms with E-state index in [1.165, 1.54) is 0 Å². The van der Waals surface area contributed by atoms with Crippen LogP contribution in [-0.4, -0.2) is 58.2 Å². The molecule has 3 N–H and O–H groups in total. The molecule has 2 rings (SSSR count). The van der Waals surface area contributed by atoms with Crippen molar-refractivity contribution in [3.63, 3.8) is 0 Å². The molecule has 0 saturated heterocycles. The number of aryl methyl sites for hydroxylation is 1. The lowest BCUT2D eigenvalue weighted by Gasteiger charge is -2.24. The van der Waals surface area contributed by atoms with Crippen LogP contribution in [0.1, 0.15) is 36.8 Å². The van der Waals surface area contributed by atoms with E-state index in [9.17, 15) is 19.6 Å². The van der Waals surface area contributed by atoms with E-state index in [4.69, 9.17) is 0 Å². The molecule has 0 saturated carbocycles. The quantitative estimate of drug-likeness (QED) is 0.210. The van der Waals surface area contributed by atoms with Gasteiger partial charge in [-0.3, -0.25) is 9.59 Å². The zero-order valence-corrected chi connectivity index (χ0v) is 19.9. The fourth-order valence-electron chi connectivity index (χ4n) is 3.44. The van der Waals surface area contributed by atoms with Crippen molar-refractivity contribution in [1.29, 1.82) is 0 Å². The van der Waals surface area contributed by atoms with Crippen molar-refractivity contribution in [1.82, 2.24) is 10.2 Å². The van der Waals surface area contributed by atoms with Crippen molar-refractivity contribution in [2.24, 2.45) is 0 Å². The third-order valence-electron chi connectivity index (χ3n) is 5.28. The summed E-state index contributed by atoms with van der Waals surface area (Å²) in [6, 6.07) is 19.6. The second kappa shape index (κ2) is 14.8.